The van der Waals surface area contributed by atoms with Gasteiger partial charge in [0.1, 0.15) is 6.54 Å². The number of amides is 1. The Balaban J connectivity index is 1.67. The van der Waals surface area contributed by atoms with Gasteiger partial charge in [0.05, 0.1) is 30.3 Å². The average Bonchev–Trinajstić information content (AvgIpc) is 2.90. The van der Waals surface area contributed by atoms with Crippen LogP contribution >= 0.6 is 0 Å². The van der Waals surface area contributed by atoms with Gasteiger partial charge < -0.3 is 19.4 Å². The number of alkyl halides is 3. The van der Waals surface area contributed by atoms with E-state index in [2.05, 4.69) is 10.3 Å². The van der Waals surface area contributed by atoms with Crippen LogP contribution in [-0.2, 0) is 17.5 Å². The first-order chi connectivity index (χ1) is 14.3. The molecule has 1 atom stereocenters. The number of carbonyl (C=O) groups is 1. The van der Waals surface area contributed by atoms with Gasteiger partial charge in [0.25, 0.3) is 0 Å². The molecule has 6 nitrogen and oxygen atoms in total. The van der Waals surface area contributed by atoms with Crippen LogP contribution in [0.4, 0.5) is 13.2 Å². The normalized spacial score (nSPS) is 14.9. The fraction of sp³-hybridized carbons (Fsp3) is 0.333. The molecule has 0 saturated carbocycles. The minimum absolute atomic E-state index is 0.0930. The van der Waals surface area contributed by atoms with E-state index in [1.807, 2.05) is 30.3 Å². The van der Waals surface area contributed by atoms with Gasteiger partial charge in [-0.2, -0.15) is 13.2 Å². The zero-order chi connectivity index (χ0) is 21.3. The highest BCUT2D eigenvalue weighted by molar-refractivity contribution is 5.84. The van der Waals surface area contributed by atoms with Crippen LogP contribution in [0.2, 0.25) is 0 Å². The Kier molecular flexibility index (Phi) is 5.27. The molecule has 0 radical (unpaired) electrons. The van der Waals surface area contributed by atoms with Gasteiger partial charge in [-0.1, -0.05) is 30.3 Å². The van der Waals surface area contributed by atoms with Crippen molar-refractivity contribution in [2.75, 3.05) is 13.2 Å². The molecule has 0 fully saturated rings. The van der Waals surface area contributed by atoms with E-state index < -0.39 is 24.5 Å². The van der Waals surface area contributed by atoms with Crippen molar-refractivity contribution >= 4 is 16.9 Å². The Morgan fingerprint density at radius 2 is 1.83 bits per heavy atom. The number of carbonyl (C=O) groups excluding carboxylic acids is 1. The van der Waals surface area contributed by atoms with Crippen molar-refractivity contribution in [1.29, 1.82) is 0 Å². The van der Waals surface area contributed by atoms with Crippen molar-refractivity contribution in [3.8, 4) is 11.5 Å². The monoisotopic (exact) mass is 419 g/mol. The van der Waals surface area contributed by atoms with Crippen molar-refractivity contribution in [2.24, 2.45) is 0 Å². The number of imidazole rings is 1. The SMILES string of the molecule is C[C@@H](NC(=O)Cn1c(C(F)(F)F)nc2cc3c(cc21)OCCCO3)c1ccccc1. The maximum absolute atomic E-state index is 13.6. The third-order valence-electron chi connectivity index (χ3n) is 4.85. The molecule has 2 heterocycles. The standard InChI is InChI=1S/C21H20F3N3O3/c1-13(14-6-3-2-4-7-14)25-19(28)12-27-16-11-18-17(29-8-5-9-30-18)10-15(16)26-20(27)21(22,23)24/h2-4,6-7,10-11,13H,5,8-9,12H2,1H3,(H,25,28)/t13-/m1/s1. The molecule has 3 aromatic rings. The molecular formula is C21H20F3N3O3. The fourth-order valence-corrected chi connectivity index (χ4v) is 3.41. The number of hydrogen-bond acceptors (Lipinski definition) is 4. The largest absolute Gasteiger partial charge is 0.489 e. The van der Waals surface area contributed by atoms with Crippen LogP contribution in [-0.4, -0.2) is 28.7 Å². The number of nitrogens with one attached hydrogen (secondary N) is 1. The van der Waals surface area contributed by atoms with Gasteiger partial charge in [-0.3, -0.25) is 4.79 Å². The summed E-state index contributed by atoms with van der Waals surface area (Å²) in [6.07, 6.45) is -4.05. The van der Waals surface area contributed by atoms with E-state index in [-0.39, 0.29) is 17.1 Å². The number of benzene rings is 2. The van der Waals surface area contributed by atoms with Gasteiger partial charge in [0.2, 0.25) is 11.7 Å². The summed E-state index contributed by atoms with van der Waals surface area (Å²) in [6.45, 7) is 2.05. The van der Waals surface area contributed by atoms with Gasteiger partial charge in [-0.25, -0.2) is 4.98 Å². The minimum Gasteiger partial charge on any atom is -0.489 e. The molecule has 158 valence electrons. The maximum Gasteiger partial charge on any atom is 0.449 e. The second kappa shape index (κ2) is 7.89. The second-order valence-electron chi connectivity index (χ2n) is 7.06. The Hall–Kier alpha value is -3.23. The smallest absolute Gasteiger partial charge is 0.449 e. The first-order valence-corrected chi connectivity index (χ1v) is 9.54. The lowest BCUT2D eigenvalue weighted by Crippen LogP contribution is -2.31. The van der Waals surface area contributed by atoms with E-state index in [1.54, 1.807) is 6.92 Å². The molecule has 0 aliphatic carbocycles. The van der Waals surface area contributed by atoms with Crippen molar-refractivity contribution in [3.63, 3.8) is 0 Å². The molecule has 4 rings (SSSR count). The molecular weight excluding hydrogens is 399 g/mol. The predicted octanol–water partition coefficient (Wildman–Crippen LogP) is 4.09. The highest BCUT2D eigenvalue weighted by Gasteiger charge is 2.38. The van der Waals surface area contributed by atoms with Gasteiger partial charge in [-0.15, -0.1) is 0 Å². The maximum atomic E-state index is 13.6. The van der Waals surface area contributed by atoms with Gasteiger partial charge in [0, 0.05) is 18.6 Å². The zero-order valence-corrected chi connectivity index (χ0v) is 16.2. The molecule has 30 heavy (non-hydrogen) atoms. The van der Waals surface area contributed by atoms with Gasteiger partial charge in [0.15, 0.2) is 11.5 Å². The molecule has 0 bridgehead atoms. The second-order valence-corrected chi connectivity index (χ2v) is 7.06. The van der Waals surface area contributed by atoms with E-state index in [1.165, 1.54) is 12.1 Å². The average molecular weight is 419 g/mol. The molecule has 1 aliphatic rings. The van der Waals surface area contributed by atoms with Crippen LogP contribution in [0.25, 0.3) is 11.0 Å². The Bertz CT molecular complexity index is 1060. The Morgan fingerprint density at radius 1 is 1.17 bits per heavy atom. The van der Waals surface area contributed by atoms with Crippen molar-refractivity contribution < 1.29 is 27.4 Å². The van der Waals surface area contributed by atoms with Crippen LogP contribution in [0.5, 0.6) is 11.5 Å². The van der Waals surface area contributed by atoms with Gasteiger partial charge >= 0.3 is 6.18 Å². The highest BCUT2D eigenvalue weighted by Crippen LogP contribution is 2.37. The summed E-state index contributed by atoms with van der Waals surface area (Å²) >= 11 is 0. The summed E-state index contributed by atoms with van der Waals surface area (Å²) < 4.78 is 52.9. The zero-order valence-electron chi connectivity index (χ0n) is 16.2. The summed E-state index contributed by atoms with van der Waals surface area (Å²) in [7, 11) is 0. The summed E-state index contributed by atoms with van der Waals surface area (Å²) in [6, 6.07) is 11.7. The molecule has 2 aromatic carbocycles. The topological polar surface area (TPSA) is 65.4 Å². The molecule has 0 unspecified atom stereocenters. The van der Waals surface area contributed by atoms with Crippen LogP contribution in [0.1, 0.15) is 30.8 Å². The van der Waals surface area contributed by atoms with Crippen LogP contribution < -0.4 is 14.8 Å². The van der Waals surface area contributed by atoms with E-state index in [4.69, 9.17) is 9.47 Å². The molecule has 1 amide bonds. The van der Waals surface area contributed by atoms with Gasteiger partial charge in [-0.05, 0) is 12.5 Å². The Labute approximate surface area is 170 Å². The third-order valence-corrected chi connectivity index (χ3v) is 4.85. The van der Waals surface area contributed by atoms with Crippen LogP contribution in [0.3, 0.4) is 0 Å². The summed E-state index contributed by atoms with van der Waals surface area (Å²) in [5.74, 6) is -1.00. The lowest BCUT2D eigenvalue weighted by Gasteiger charge is -2.16. The molecule has 1 N–H and O–H groups in total. The first-order valence-electron chi connectivity index (χ1n) is 9.54. The summed E-state index contributed by atoms with van der Waals surface area (Å²) in [4.78, 5) is 16.3. The number of rotatable bonds is 4. The molecule has 0 saturated heterocycles. The highest BCUT2D eigenvalue weighted by atomic mass is 19.4. The van der Waals surface area contributed by atoms with E-state index in [9.17, 15) is 18.0 Å². The predicted molar refractivity (Wildman–Crippen MR) is 103 cm³/mol. The molecule has 1 aromatic heterocycles. The number of aromatic nitrogens is 2. The fourth-order valence-electron chi connectivity index (χ4n) is 3.41. The number of halogens is 3. The quantitative estimate of drug-likeness (QED) is 0.692. The molecule has 0 spiro atoms. The minimum atomic E-state index is -4.72. The molecule has 9 heteroatoms. The number of hydrogen-bond donors (Lipinski definition) is 1. The number of nitrogens with zero attached hydrogens (tertiary/aromatic N) is 2. The van der Waals surface area contributed by atoms with E-state index in [0.29, 0.717) is 31.1 Å². The van der Waals surface area contributed by atoms with E-state index in [0.717, 1.165) is 10.1 Å². The van der Waals surface area contributed by atoms with E-state index >= 15 is 0 Å². The van der Waals surface area contributed by atoms with Crippen molar-refractivity contribution in [1.82, 2.24) is 14.9 Å². The van der Waals surface area contributed by atoms with Crippen molar-refractivity contribution in [2.45, 2.75) is 32.1 Å². The summed E-state index contributed by atoms with van der Waals surface area (Å²) in [5, 5.41) is 2.74. The summed E-state index contributed by atoms with van der Waals surface area (Å²) in [5.41, 5.74) is 1.11. The number of fused-ring (bicyclic) bond motifs is 2. The van der Waals surface area contributed by atoms with Crippen molar-refractivity contribution in [3.05, 3.63) is 53.9 Å². The third kappa shape index (κ3) is 4.05. The first kappa shape index (κ1) is 20.1. The lowest BCUT2D eigenvalue weighted by molar-refractivity contribution is -0.147. The lowest BCUT2D eigenvalue weighted by atomic mass is 10.1. The van der Waals surface area contributed by atoms with Crippen LogP contribution in [0, 0.1) is 0 Å². The molecule has 1 aliphatic heterocycles. The number of ether oxygens (including phenoxy) is 2. The van der Waals surface area contributed by atoms with Crippen LogP contribution in [0.15, 0.2) is 42.5 Å². The Morgan fingerprint density at radius 3 is 2.50 bits per heavy atom.